The fraction of sp³-hybridized carbons (Fsp3) is 0.364. The van der Waals surface area contributed by atoms with E-state index in [1.165, 1.54) is 0 Å². The average Bonchev–Trinajstić information content (AvgIpc) is 2.75. The van der Waals surface area contributed by atoms with E-state index in [0.29, 0.717) is 23.1 Å². The highest BCUT2D eigenvalue weighted by Gasteiger charge is 2.16. The molecule has 2 rings (SSSR count). The molecule has 1 N–H and O–H groups in total. The summed E-state index contributed by atoms with van der Waals surface area (Å²) in [6.45, 7) is 2.00. The third-order valence-corrected chi connectivity index (χ3v) is 2.78. The summed E-state index contributed by atoms with van der Waals surface area (Å²) in [5.74, 6) is 1.33. The number of amides is 1. The van der Waals surface area contributed by atoms with Gasteiger partial charge in [0.05, 0.1) is 0 Å². The molecule has 0 saturated heterocycles. The Morgan fingerprint density at radius 3 is 3.00 bits per heavy atom. The minimum atomic E-state index is -0.216. The van der Waals surface area contributed by atoms with Crippen LogP contribution in [0.1, 0.15) is 6.92 Å². The van der Waals surface area contributed by atoms with Crippen LogP contribution in [0, 0.1) is 5.92 Å². The maximum atomic E-state index is 11.6. The fourth-order valence-electron chi connectivity index (χ4n) is 1.31. The summed E-state index contributed by atoms with van der Waals surface area (Å²) >= 11 is 5.60. The number of nitrogens with one attached hydrogen (secondary N) is 1. The minimum absolute atomic E-state index is 0.103. The molecule has 1 amide bonds. The number of rotatable bonds is 3. The zero-order chi connectivity index (χ0) is 11.5. The van der Waals surface area contributed by atoms with Crippen LogP contribution < -0.4 is 14.8 Å². The zero-order valence-electron chi connectivity index (χ0n) is 8.83. The summed E-state index contributed by atoms with van der Waals surface area (Å²) < 4.78 is 10.4. The van der Waals surface area contributed by atoms with E-state index in [0.717, 1.165) is 0 Å². The second-order valence-corrected chi connectivity index (χ2v) is 3.92. The molecule has 1 aromatic carbocycles. The van der Waals surface area contributed by atoms with Crippen molar-refractivity contribution in [2.75, 3.05) is 18.0 Å². The molecule has 1 unspecified atom stereocenters. The van der Waals surface area contributed by atoms with Gasteiger partial charge in [-0.05, 0) is 12.1 Å². The first-order valence-electron chi connectivity index (χ1n) is 4.97. The Balaban J connectivity index is 2.08. The van der Waals surface area contributed by atoms with Crippen molar-refractivity contribution in [1.82, 2.24) is 0 Å². The molecule has 0 spiro atoms. The van der Waals surface area contributed by atoms with Crippen LogP contribution in [0.4, 0.5) is 5.69 Å². The minimum Gasteiger partial charge on any atom is -0.454 e. The van der Waals surface area contributed by atoms with Gasteiger partial charge in [-0.15, -0.1) is 11.6 Å². The third kappa shape index (κ3) is 2.22. The van der Waals surface area contributed by atoms with Crippen LogP contribution in [-0.2, 0) is 4.79 Å². The van der Waals surface area contributed by atoms with E-state index in [-0.39, 0.29) is 18.6 Å². The van der Waals surface area contributed by atoms with E-state index < -0.39 is 0 Å². The molecule has 0 saturated carbocycles. The van der Waals surface area contributed by atoms with E-state index in [1.54, 1.807) is 25.1 Å². The molecule has 1 aliphatic rings. The third-order valence-electron chi connectivity index (χ3n) is 2.32. The number of ether oxygens (including phenoxy) is 2. The van der Waals surface area contributed by atoms with Crippen LogP contribution in [0.25, 0.3) is 0 Å². The van der Waals surface area contributed by atoms with Crippen molar-refractivity contribution in [2.24, 2.45) is 5.92 Å². The summed E-state index contributed by atoms with van der Waals surface area (Å²) in [5, 5.41) is 2.76. The van der Waals surface area contributed by atoms with Crippen molar-refractivity contribution in [1.29, 1.82) is 0 Å². The summed E-state index contributed by atoms with van der Waals surface area (Å²) in [6, 6.07) is 5.27. The van der Waals surface area contributed by atoms with Gasteiger partial charge in [0.2, 0.25) is 12.7 Å². The number of carbonyl (C=O) groups excluding carboxylic acids is 1. The van der Waals surface area contributed by atoms with Crippen molar-refractivity contribution in [3.8, 4) is 11.5 Å². The van der Waals surface area contributed by atoms with Gasteiger partial charge in [-0.2, -0.15) is 0 Å². The lowest BCUT2D eigenvalue weighted by Gasteiger charge is -2.09. The Kier molecular flexibility index (Phi) is 3.19. The normalized spacial score (nSPS) is 14.6. The summed E-state index contributed by atoms with van der Waals surface area (Å²) in [6.07, 6.45) is 0. The summed E-state index contributed by atoms with van der Waals surface area (Å²) in [5.41, 5.74) is 0.686. The van der Waals surface area contributed by atoms with E-state index >= 15 is 0 Å². The molecular formula is C11H12ClNO3. The number of halogens is 1. The highest BCUT2D eigenvalue weighted by atomic mass is 35.5. The Morgan fingerprint density at radius 1 is 1.50 bits per heavy atom. The molecule has 1 atom stereocenters. The van der Waals surface area contributed by atoms with Gasteiger partial charge in [-0.3, -0.25) is 4.79 Å². The molecule has 5 heteroatoms. The highest BCUT2D eigenvalue weighted by molar-refractivity contribution is 6.19. The smallest absolute Gasteiger partial charge is 0.231 e. The van der Waals surface area contributed by atoms with E-state index in [2.05, 4.69) is 5.32 Å². The number of alkyl halides is 1. The number of carbonyl (C=O) groups is 1. The molecule has 1 aromatic rings. The van der Waals surface area contributed by atoms with Gasteiger partial charge in [-0.1, -0.05) is 6.92 Å². The lowest BCUT2D eigenvalue weighted by Crippen LogP contribution is -2.21. The number of anilines is 1. The molecule has 16 heavy (non-hydrogen) atoms. The lowest BCUT2D eigenvalue weighted by molar-refractivity contribution is -0.118. The Hall–Kier alpha value is -1.42. The second-order valence-electron chi connectivity index (χ2n) is 3.61. The lowest BCUT2D eigenvalue weighted by atomic mass is 10.2. The van der Waals surface area contributed by atoms with Gasteiger partial charge in [-0.25, -0.2) is 0 Å². The number of fused-ring (bicyclic) bond motifs is 1. The number of hydrogen-bond acceptors (Lipinski definition) is 3. The topological polar surface area (TPSA) is 47.6 Å². The molecular weight excluding hydrogens is 230 g/mol. The average molecular weight is 242 g/mol. The molecule has 1 aliphatic heterocycles. The Bertz CT molecular complexity index is 408. The van der Waals surface area contributed by atoms with Crippen molar-refractivity contribution in [3.05, 3.63) is 18.2 Å². The number of hydrogen-bond donors (Lipinski definition) is 1. The second kappa shape index (κ2) is 4.61. The van der Waals surface area contributed by atoms with Gasteiger partial charge in [0, 0.05) is 23.6 Å². The quantitative estimate of drug-likeness (QED) is 0.826. The van der Waals surface area contributed by atoms with Gasteiger partial charge in [0.15, 0.2) is 11.5 Å². The van der Waals surface area contributed by atoms with E-state index in [9.17, 15) is 4.79 Å². The van der Waals surface area contributed by atoms with Crippen LogP contribution >= 0.6 is 11.6 Å². The zero-order valence-corrected chi connectivity index (χ0v) is 9.58. The molecule has 0 radical (unpaired) electrons. The molecule has 1 heterocycles. The standard InChI is InChI=1S/C11H12ClNO3/c1-7(5-12)11(14)13-8-2-3-9-10(4-8)16-6-15-9/h2-4,7H,5-6H2,1H3,(H,13,14). The van der Waals surface area contributed by atoms with Crippen LogP contribution in [-0.4, -0.2) is 18.6 Å². The maximum absolute atomic E-state index is 11.6. The van der Waals surface area contributed by atoms with Crippen LogP contribution in [0.15, 0.2) is 18.2 Å². The van der Waals surface area contributed by atoms with E-state index in [1.807, 2.05) is 0 Å². The van der Waals surface area contributed by atoms with Crippen molar-refractivity contribution < 1.29 is 14.3 Å². The van der Waals surface area contributed by atoms with Crippen LogP contribution in [0.2, 0.25) is 0 Å². The molecule has 0 fully saturated rings. The summed E-state index contributed by atoms with van der Waals surface area (Å²) in [7, 11) is 0. The largest absolute Gasteiger partial charge is 0.454 e. The SMILES string of the molecule is CC(CCl)C(=O)Nc1ccc2c(c1)OCO2. The van der Waals surface area contributed by atoms with Gasteiger partial charge in [0.25, 0.3) is 0 Å². The predicted octanol–water partition coefficient (Wildman–Crippen LogP) is 2.23. The van der Waals surface area contributed by atoms with Gasteiger partial charge < -0.3 is 14.8 Å². The van der Waals surface area contributed by atoms with Crippen molar-refractivity contribution >= 4 is 23.2 Å². The highest BCUT2D eigenvalue weighted by Crippen LogP contribution is 2.34. The first-order valence-corrected chi connectivity index (χ1v) is 5.50. The van der Waals surface area contributed by atoms with Gasteiger partial charge in [0.1, 0.15) is 0 Å². The molecule has 0 aliphatic carbocycles. The van der Waals surface area contributed by atoms with Crippen molar-refractivity contribution in [2.45, 2.75) is 6.92 Å². The molecule has 0 aromatic heterocycles. The van der Waals surface area contributed by atoms with Gasteiger partial charge >= 0.3 is 0 Å². The number of benzene rings is 1. The van der Waals surface area contributed by atoms with Crippen LogP contribution in [0.3, 0.4) is 0 Å². The Labute approximate surface area is 98.5 Å². The van der Waals surface area contributed by atoms with Crippen LogP contribution in [0.5, 0.6) is 11.5 Å². The first-order chi connectivity index (χ1) is 7.70. The van der Waals surface area contributed by atoms with Crippen molar-refractivity contribution in [3.63, 3.8) is 0 Å². The molecule has 86 valence electrons. The fourth-order valence-corrected chi connectivity index (χ4v) is 1.45. The summed E-state index contributed by atoms with van der Waals surface area (Å²) in [4.78, 5) is 11.6. The molecule has 4 nitrogen and oxygen atoms in total. The van der Waals surface area contributed by atoms with E-state index in [4.69, 9.17) is 21.1 Å². The monoisotopic (exact) mass is 241 g/mol. The molecule has 0 bridgehead atoms. The Morgan fingerprint density at radius 2 is 2.25 bits per heavy atom. The predicted molar refractivity (Wildman–Crippen MR) is 61.1 cm³/mol. The first kappa shape index (κ1) is 11.1. The maximum Gasteiger partial charge on any atom is 0.231 e.